The molecule has 0 rings (SSSR count). The van der Waals surface area contributed by atoms with Crippen molar-refractivity contribution in [2.24, 2.45) is 0 Å². The Morgan fingerprint density at radius 1 is 0.870 bits per heavy atom. The summed E-state index contributed by atoms with van der Waals surface area (Å²) in [6.45, 7) is 5.36. The Hall–Kier alpha value is -2.16. The molecule has 0 heterocycles. The number of rotatable bonds is 10. The van der Waals surface area contributed by atoms with Crippen molar-refractivity contribution in [2.75, 3.05) is 0 Å². The molecule has 0 aliphatic heterocycles. The van der Waals surface area contributed by atoms with Crippen LogP contribution in [-0.4, -0.2) is 56.8 Å². The minimum absolute atomic E-state index is 0.0102. The molecule has 9 heteroatoms. The van der Waals surface area contributed by atoms with Gasteiger partial charge in [-0.3, -0.25) is 19.7 Å². The number of carboxylic acid groups (broad SMARTS) is 3. The molecule has 5 N–H and O–H groups in total. The van der Waals surface area contributed by atoms with Gasteiger partial charge >= 0.3 is 17.9 Å². The maximum absolute atomic E-state index is 11.8. The highest BCUT2D eigenvalue weighted by atomic mass is 16.4. The highest BCUT2D eigenvalue weighted by molar-refractivity contribution is 5.84. The van der Waals surface area contributed by atoms with Crippen molar-refractivity contribution in [2.45, 2.75) is 64.1 Å². The lowest BCUT2D eigenvalue weighted by atomic mass is 10.0. The van der Waals surface area contributed by atoms with E-state index in [-0.39, 0.29) is 25.7 Å². The smallest absolute Gasteiger partial charge is 0.326 e. The second kappa shape index (κ2) is 9.09. The monoisotopic (exact) mass is 332 g/mol. The number of amides is 1. The SMILES string of the molecule is CC(C)(C)N[C@H](CCC(=O)N[C@H](CCC(=O)O)C(=O)O)C(=O)O. The third-order valence-electron chi connectivity index (χ3n) is 2.85. The number of hydrogen-bond acceptors (Lipinski definition) is 5. The van der Waals surface area contributed by atoms with Crippen LogP contribution in [0.5, 0.6) is 0 Å². The summed E-state index contributed by atoms with van der Waals surface area (Å²) in [5, 5.41) is 31.7. The van der Waals surface area contributed by atoms with Crippen LogP contribution in [0.15, 0.2) is 0 Å². The average molecular weight is 332 g/mol. The van der Waals surface area contributed by atoms with Crippen molar-refractivity contribution in [1.82, 2.24) is 10.6 Å². The predicted molar refractivity (Wildman–Crippen MR) is 80.0 cm³/mol. The summed E-state index contributed by atoms with van der Waals surface area (Å²) in [5.74, 6) is -4.23. The lowest BCUT2D eigenvalue weighted by Gasteiger charge is -2.26. The van der Waals surface area contributed by atoms with E-state index >= 15 is 0 Å². The molecule has 9 nitrogen and oxygen atoms in total. The van der Waals surface area contributed by atoms with Crippen LogP contribution in [0.4, 0.5) is 0 Å². The number of hydrogen-bond donors (Lipinski definition) is 5. The Kier molecular flexibility index (Phi) is 8.23. The molecule has 0 fully saturated rings. The highest BCUT2D eigenvalue weighted by Crippen LogP contribution is 2.07. The standard InChI is InChI=1S/C14H24N2O7/c1-14(2,3)16-9(13(22)23)4-6-10(17)15-8(12(20)21)5-7-11(18)19/h8-9,16H,4-7H2,1-3H3,(H,15,17)(H,18,19)(H,20,21)(H,22,23)/t8-,9-/m1/s1. The molecule has 0 aliphatic carbocycles. The normalized spacial score (nSPS) is 13.9. The van der Waals surface area contributed by atoms with E-state index in [1.165, 1.54) is 0 Å². The van der Waals surface area contributed by atoms with E-state index in [1.54, 1.807) is 20.8 Å². The van der Waals surface area contributed by atoms with Crippen LogP contribution in [-0.2, 0) is 19.2 Å². The van der Waals surface area contributed by atoms with Gasteiger partial charge in [-0.1, -0.05) is 0 Å². The van der Waals surface area contributed by atoms with Crippen molar-refractivity contribution >= 4 is 23.8 Å². The third-order valence-corrected chi connectivity index (χ3v) is 2.85. The molecule has 0 aromatic heterocycles. The Morgan fingerprint density at radius 3 is 1.74 bits per heavy atom. The Labute approximate surface area is 134 Å². The van der Waals surface area contributed by atoms with Gasteiger partial charge < -0.3 is 20.6 Å². The summed E-state index contributed by atoms with van der Waals surface area (Å²) >= 11 is 0. The largest absolute Gasteiger partial charge is 0.481 e. The first-order chi connectivity index (χ1) is 10.4. The maximum Gasteiger partial charge on any atom is 0.326 e. The quantitative estimate of drug-likeness (QED) is 0.376. The van der Waals surface area contributed by atoms with Gasteiger partial charge in [-0.15, -0.1) is 0 Å². The van der Waals surface area contributed by atoms with Crippen molar-refractivity contribution in [3.63, 3.8) is 0 Å². The summed E-state index contributed by atoms with van der Waals surface area (Å²) in [6.07, 6.45) is -0.819. The van der Waals surface area contributed by atoms with Crippen LogP contribution in [0.1, 0.15) is 46.5 Å². The van der Waals surface area contributed by atoms with E-state index in [0.717, 1.165) is 0 Å². The number of carboxylic acids is 3. The fourth-order valence-corrected chi connectivity index (χ4v) is 1.85. The fourth-order valence-electron chi connectivity index (χ4n) is 1.85. The summed E-state index contributed by atoms with van der Waals surface area (Å²) in [6, 6.07) is -2.25. The van der Waals surface area contributed by atoms with Crippen molar-refractivity contribution < 1.29 is 34.5 Å². The first kappa shape index (κ1) is 20.8. The first-order valence-corrected chi connectivity index (χ1v) is 7.17. The average Bonchev–Trinajstić information content (AvgIpc) is 2.37. The molecule has 0 saturated heterocycles. The van der Waals surface area contributed by atoms with Crippen LogP contribution in [0.25, 0.3) is 0 Å². The molecule has 0 bridgehead atoms. The molecule has 2 atom stereocenters. The minimum atomic E-state index is -1.33. The Morgan fingerprint density at radius 2 is 1.35 bits per heavy atom. The van der Waals surface area contributed by atoms with E-state index in [4.69, 9.17) is 15.3 Å². The molecule has 0 radical (unpaired) electrons. The van der Waals surface area contributed by atoms with Crippen LogP contribution in [0.2, 0.25) is 0 Å². The minimum Gasteiger partial charge on any atom is -0.481 e. The first-order valence-electron chi connectivity index (χ1n) is 7.17. The van der Waals surface area contributed by atoms with Crippen LogP contribution in [0, 0.1) is 0 Å². The molecule has 0 unspecified atom stereocenters. The van der Waals surface area contributed by atoms with E-state index < -0.39 is 41.4 Å². The van der Waals surface area contributed by atoms with Crippen LogP contribution < -0.4 is 10.6 Å². The van der Waals surface area contributed by atoms with Crippen molar-refractivity contribution in [3.8, 4) is 0 Å². The van der Waals surface area contributed by atoms with E-state index in [2.05, 4.69) is 10.6 Å². The lowest BCUT2D eigenvalue weighted by molar-refractivity contribution is -0.144. The maximum atomic E-state index is 11.8. The molecule has 1 amide bonds. The fraction of sp³-hybridized carbons (Fsp3) is 0.714. The molecule has 132 valence electrons. The Bertz CT molecular complexity index is 457. The van der Waals surface area contributed by atoms with Crippen LogP contribution in [0.3, 0.4) is 0 Å². The molecule has 0 aromatic carbocycles. The lowest BCUT2D eigenvalue weighted by Crippen LogP contribution is -2.48. The zero-order valence-electron chi connectivity index (χ0n) is 13.5. The summed E-state index contributed by atoms with van der Waals surface area (Å²) in [7, 11) is 0. The van der Waals surface area contributed by atoms with Gasteiger partial charge in [0.2, 0.25) is 5.91 Å². The van der Waals surface area contributed by atoms with Gasteiger partial charge in [-0.2, -0.15) is 0 Å². The molecule has 0 saturated carbocycles. The Balaban J connectivity index is 4.51. The second-order valence-corrected chi connectivity index (χ2v) is 6.21. The summed E-state index contributed by atoms with van der Waals surface area (Å²) in [4.78, 5) is 44.3. The topological polar surface area (TPSA) is 153 Å². The van der Waals surface area contributed by atoms with Gasteiger partial charge in [0, 0.05) is 18.4 Å². The third kappa shape index (κ3) is 10.2. The highest BCUT2D eigenvalue weighted by Gasteiger charge is 2.25. The molecular weight excluding hydrogens is 308 g/mol. The van der Waals surface area contributed by atoms with Crippen molar-refractivity contribution in [3.05, 3.63) is 0 Å². The van der Waals surface area contributed by atoms with Gasteiger partial charge in [0.15, 0.2) is 0 Å². The van der Waals surface area contributed by atoms with Gasteiger partial charge in [0.25, 0.3) is 0 Å². The zero-order valence-corrected chi connectivity index (χ0v) is 13.5. The molecule has 0 aromatic rings. The zero-order chi connectivity index (χ0) is 18.2. The van der Waals surface area contributed by atoms with Gasteiger partial charge in [-0.25, -0.2) is 4.79 Å². The predicted octanol–water partition coefficient (Wildman–Crippen LogP) is 0.0421. The van der Waals surface area contributed by atoms with E-state index in [9.17, 15) is 19.2 Å². The van der Waals surface area contributed by atoms with Gasteiger partial charge in [-0.05, 0) is 33.6 Å². The molecular formula is C14H24N2O7. The van der Waals surface area contributed by atoms with Gasteiger partial charge in [0.1, 0.15) is 12.1 Å². The second-order valence-electron chi connectivity index (χ2n) is 6.21. The summed E-state index contributed by atoms with van der Waals surface area (Å²) in [5.41, 5.74) is -0.454. The van der Waals surface area contributed by atoms with Crippen molar-refractivity contribution in [1.29, 1.82) is 0 Å². The van der Waals surface area contributed by atoms with Gasteiger partial charge in [0.05, 0.1) is 0 Å². The molecule has 0 aliphatic rings. The van der Waals surface area contributed by atoms with E-state index in [0.29, 0.717) is 0 Å². The van der Waals surface area contributed by atoms with Crippen LogP contribution >= 0.6 is 0 Å². The summed E-state index contributed by atoms with van der Waals surface area (Å²) < 4.78 is 0. The number of aliphatic carboxylic acids is 3. The number of carbonyl (C=O) groups is 4. The molecule has 23 heavy (non-hydrogen) atoms. The van der Waals surface area contributed by atoms with E-state index in [1.807, 2.05) is 0 Å². The number of carbonyl (C=O) groups excluding carboxylic acids is 1. The molecule has 0 spiro atoms. The number of nitrogens with one attached hydrogen (secondary N) is 2.